The van der Waals surface area contributed by atoms with Crippen molar-refractivity contribution in [3.63, 3.8) is 0 Å². The highest BCUT2D eigenvalue weighted by molar-refractivity contribution is 7.09. The molecule has 2 aromatic rings. The van der Waals surface area contributed by atoms with Crippen LogP contribution in [0.25, 0.3) is 0 Å². The fourth-order valence-electron chi connectivity index (χ4n) is 1.73. The van der Waals surface area contributed by atoms with Gasteiger partial charge in [-0.05, 0) is 37.5 Å². The molecule has 1 atom stereocenters. The van der Waals surface area contributed by atoms with E-state index in [1.807, 2.05) is 24.4 Å². The molecule has 0 fully saturated rings. The van der Waals surface area contributed by atoms with E-state index in [-0.39, 0.29) is 6.10 Å². The van der Waals surface area contributed by atoms with Gasteiger partial charge in [0, 0.05) is 24.2 Å². The van der Waals surface area contributed by atoms with Gasteiger partial charge in [-0.1, -0.05) is 0 Å². The van der Waals surface area contributed by atoms with Gasteiger partial charge in [-0.2, -0.15) is 0 Å². The molecule has 1 N–H and O–H groups in total. The van der Waals surface area contributed by atoms with Gasteiger partial charge in [-0.3, -0.25) is 4.98 Å². The molecule has 0 aliphatic rings. The average molecular weight is 248 g/mol. The van der Waals surface area contributed by atoms with Gasteiger partial charge in [0.05, 0.1) is 16.8 Å². The minimum absolute atomic E-state index is 0.315. The summed E-state index contributed by atoms with van der Waals surface area (Å²) in [6.45, 7) is 1.98. The Balaban J connectivity index is 1.80. The van der Waals surface area contributed by atoms with Crippen molar-refractivity contribution in [3.8, 4) is 0 Å². The molecule has 1 unspecified atom stereocenters. The van der Waals surface area contributed by atoms with Crippen LogP contribution in [0.2, 0.25) is 0 Å². The molecule has 0 saturated carbocycles. The topological polar surface area (TPSA) is 46.0 Å². The van der Waals surface area contributed by atoms with Crippen molar-refractivity contribution in [1.82, 2.24) is 9.97 Å². The molecule has 0 amide bonds. The molecule has 0 saturated heterocycles. The van der Waals surface area contributed by atoms with Crippen LogP contribution >= 0.6 is 11.3 Å². The number of aromatic nitrogens is 2. The predicted octanol–water partition coefficient (Wildman–Crippen LogP) is 2.38. The van der Waals surface area contributed by atoms with Gasteiger partial charge in [0.25, 0.3) is 0 Å². The average Bonchev–Trinajstić information content (AvgIpc) is 2.73. The molecular weight excluding hydrogens is 232 g/mol. The largest absolute Gasteiger partial charge is 0.393 e. The van der Waals surface area contributed by atoms with Gasteiger partial charge in [-0.15, -0.1) is 11.3 Å². The maximum Gasteiger partial charge on any atom is 0.0897 e. The predicted molar refractivity (Wildman–Crippen MR) is 69.1 cm³/mol. The summed E-state index contributed by atoms with van der Waals surface area (Å²) in [4.78, 5) is 8.33. The van der Waals surface area contributed by atoms with Crippen LogP contribution in [0.3, 0.4) is 0 Å². The fraction of sp³-hybridized carbons (Fsp3) is 0.385. The minimum Gasteiger partial charge on any atom is -0.393 e. The smallest absolute Gasteiger partial charge is 0.0897 e. The molecule has 2 rings (SSSR count). The van der Waals surface area contributed by atoms with E-state index >= 15 is 0 Å². The number of thiazole rings is 1. The second-order valence-electron chi connectivity index (χ2n) is 4.11. The Hall–Kier alpha value is -1.26. The van der Waals surface area contributed by atoms with Crippen molar-refractivity contribution in [1.29, 1.82) is 0 Å². The number of aryl methyl sites for hydroxylation is 2. The first-order chi connectivity index (χ1) is 8.24. The lowest BCUT2D eigenvalue weighted by Gasteiger charge is -2.08. The third-order valence-corrected chi connectivity index (χ3v) is 3.45. The number of aliphatic hydroxyl groups is 1. The number of hydrogen-bond acceptors (Lipinski definition) is 4. The molecule has 3 nitrogen and oxygen atoms in total. The van der Waals surface area contributed by atoms with Gasteiger partial charge in [0.15, 0.2) is 0 Å². The van der Waals surface area contributed by atoms with Crippen LogP contribution in [0, 0.1) is 6.92 Å². The van der Waals surface area contributed by atoms with Crippen LogP contribution in [-0.4, -0.2) is 21.2 Å². The zero-order valence-corrected chi connectivity index (χ0v) is 10.7. The van der Waals surface area contributed by atoms with E-state index in [9.17, 15) is 5.11 Å². The molecule has 0 radical (unpaired) electrons. The second kappa shape index (κ2) is 5.89. The SMILES string of the molecule is Cc1nc(CC(O)CCc2ccncc2)cs1. The second-order valence-corrected chi connectivity index (χ2v) is 5.17. The van der Waals surface area contributed by atoms with Crippen molar-refractivity contribution < 1.29 is 5.11 Å². The van der Waals surface area contributed by atoms with Crippen molar-refractivity contribution in [3.05, 3.63) is 46.2 Å². The molecule has 2 heterocycles. The number of aliphatic hydroxyl groups excluding tert-OH is 1. The van der Waals surface area contributed by atoms with Gasteiger partial charge in [-0.25, -0.2) is 4.98 Å². The van der Waals surface area contributed by atoms with Crippen LogP contribution in [-0.2, 0) is 12.8 Å². The van der Waals surface area contributed by atoms with Crippen molar-refractivity contribution in [2.75, 3.05) is 0 Å². The lowest BCUT2D eigenvalue weighted by Crippen LogP contribution is -2.11. The first kappa shape index (κ1) is 12.2. The standard InChI is InChI=1S/C13H16N2OS/c1-10-15-12(9-17-10)8-13(16)3-2-11-4-6-14-7-5-11/h4-7,9,13,16H,2-3,8H2,1H3. The van der Waals surface area contributed by atoms with E-state index in [0.717, 1.165) is 23.5 Å². The molecule has 17 heavy (non-hydrogen) atoms. The quantitative estimate of drug-likeness (QED) is 0.883. The molecule has 0 aliphatic heterocycles. The molecule has 0 bridgehead atoms. The minimum atomic E-state index is -0.315. The summed E-state index contributed by atoms with van der Waals surface area (Å²) in [5.41, 5.74) is 2.21. The Labute approximate surface area is 105 Å². The Morgan fingerprint density at radius 2 is 2.12 bits per heavy atom. The third-order valence-electron chi connectivity index (χ3n) is 2.63. The number of rotatable bonds is 5. The lowest BCUT2D eigenvalue weighted by molar-refractivity contribution is 0.164. The maximum atomic E-state index is 9.92. The van der Waals surface area contributed by atoms with Gasteiger partial charge >= 0.3 is 0 Å². The summed E-state index contributed by atoms with van der Waals surface area (Å²) >= 11 is 1.63. The Morgan fingerprint density at radius 3 is 2.76 bits per heavy atom. The van der Waals surface area contributed by atoms with Crippen LogP contribution in [0.5, 0.6) is 0 Å². The third kappa shape index (κ3) is 3.91. The van der Waals surface area contributed by atoms with Crippen LogP contribution in [0.4, 0.5) is 0 Å². The summed E-state index contributed by atoms with van der Waals surface area (Å²) in [6.07, 6.45) is 5.55. The number of nitrogens with zero attached hydrogens (tertiary/aromatic N) is 2. The van der Waals surface area contributed by atoms with E-state index in [0.29, 0.717) is 6.42 Å². The van der Waals surface area contributed by atoms with Crippen molar-refractivity contribution in [2.24, 2.45) is 0 Å². The summed E-state index contributed by atoms with van der Waals surface area (Å²) < 4.78 is 0. The fourth-order valence-corrected chi connectivity index (χ4v) is 2.35. The van der Waals surface area contributed by atoms with Gasteiger partial charge in [0.2, 0.25) is 0 Å². The monoisotopic (exact) mass is 248 g/mol. The molecule has 0 aromatic carbocycles. The highest BCUT2D eigenvalue weighted by Crippen LogP contribution is 2.12. The highest BCUT2D eigenvalue weighted by Gasteiger charge is 2.08. The van der Waals surface area contributed by atoms with Gasteiger partial charge < -0.3 is 5.11 Å². The Kier molecular flexibility index (Phi) is 4.23. The summed E-state index contributed by atoms with van der Waals surface area (Å²) in [5, 5.41) is 13.0. The Bertz CT molecular complexity index is 455. The van der Waals surface area contributed by atoms with Crippen LogP contribution < -0.4 is 0 Å². The summed E-state index contributed by atoms with van der Waals surface area (Å²) in [6, 6.07) is 3.97. The van der Waals surface area contributed by atoms with E-state index in [1.165, 1.54) is 5.56 Å². The Morgan fingerprint density at radius 1 is 1.35 bits per heavy atom. The van der Waals surface area contributed by atoms with E-state index in [2.05, 4.69) is 9.97 Å². The molecule has 2 aromatic heterocycles. The first-order valence-electron chi connectivity index (χ1n) is 5.72. The zero-order valence-electron chi connectivity index (χ0n) is 9.84. The lowest BCUT2D eigenvalue weighted by atomic mass is 10.1. The summed E-state index contributed by atoms with van der Waals surface area (Å²) in [7, 11) is 0. The summed E-state index contributed by atoms with van der Waals surface area (Å²) in [5.74, 6) is 0. The van der Waals surface area contributed by atoms with E-state index in [4.69, 9.17) is 0 Å². The molecule has 4 heteroatoms. The van der Waals surface area contributed by atoms with Crippen LogP contribution in [0.1, 0.15) is 22.7 Å². The van der Waals surface area contributed by atoms with E-state index in [1.54, 1.807) is 23.7 Å². The van der Waals surface area contributed by atoms with Crippen molar-refractivity contribution >= 4 is 11.3 Å². The molecule has 0 aliphatic carbocycles. The maximum absolute atomic E-state index is 9.92. The van der Waals surface area contributed by atoms with Crippen LogP contribution in [0.15, 0.2) is 29.9 Å². The van der Waals surface area contributed by atoms with Gasteiger partial charge in [0.1, 0.15) is 0 Å². The number of pyridine rings is 1. The molecular formula is C13H16N2OS. The van der Waals surface area contributed by atoms with Crippen molar-refractivity contribution in [2.45, 2.75) is 32.3 Å². The number of hydrogen-bond donors (Lipinski definition) is 1. The zero-order chi connectivity index (χ0) is 12.1. The first-order valence-corrected chi connectivity index (χ1v) is 6.60. The molecule has 90 valence electrons. The highest BCUT2D eigenvalue weighted by atomic mass is 32.1. The van der Waals surface area contributed by atoms with E-state index < -0.39 is 0 Å². The molecule has 0 spiro atoms. The normalized spacial score (nSPS) is 12.6.